The predicted molar refractivity (Wildman–Crippen MR) is 58.3 cm³/mol. The van der Waals surface area contributed by atoms with Crippen molar-refractivity contribution in [3.63, 3.8) is 0 Å². The van der Waals surface area contributed by atoms with Gasteiger partial charge in [-0.3, -0.25) is 0 Å². The molecule has 0 spiro atoms. The van der Waals surface area contributed by atoms with Crippen LogP contribution in [0.1, 0.15) is 0 Å². The van der Waals surface area contributed by atoms with E-state index in [0.717, 1.165) is 9.37 Å². The molecule has 1 fully saturated rings. The van der Waals surface area contributed by atoms with Crippen LogP contribution in [-0.2, 0) is 16.1 Å². The van der Waals surface area contributed by atoms with Crippen LogP contribution in [-0.4, -0.2) is 23.8 Å². The van der Waals surface area contributed by atoms with Crippen LogP contribution in [0.3, 0.4) is 0 Å². The van der Waals surface area contributed by atoms with Gasteiger partial charge in [0, 0.05) is 4.47 Å². The zero-order valence-corrected chi connectivity index (χ0v) is 9.81. The van der Waals surface area contributed by atoms with Gasteiger partial charge in [0.1, 0.15) is 0 Å². The van der Waals surface area contributed by atoms with Gasteiger partial charge in [-0.1, -0.05) is 15.9 Å². The summed E-state index contributed by atoms with van der Waals surface area (Å²) in [6.07, 6.45) is 0. The molecule has 1 heterocycles. The van der Waals surface area contributed by atoms with E-state index in [0.29, 0.717) is 13.2 Å². The maximum atomic E-state index is 11.7. The van der Waals surface area contributed by atoms with Gasteiger partial charge in [0.15, 0.2) is 4.90 Å². The summed E-state index contributed by atoms with van der Waals surface area (Å²) in [5.41, 5.74) is 0. The second-order valence-electron chi connectivity index (χ2n) is 3.07. The first-order valence-electron chi connectivity index (χ1n) is 4.27. The maximum Gasteiger partial charge on any atom is 0.173 e. The molecule has 1 aliphatic heterocycles. The zero-order valence-electron chi connectivity index (χ0n) is 7.40. The lowest BCUT2D eigenvalue weighted by atomic mass is 10.3. The molecule has 14 heavy (non-hydrogen) atoms. The minimum Gasteiger partial charge on any atom is -0.593 e. The highest BCUT2D eigenvalue weighted by atomic mass is 79.9. The van der Waals surface area contributed by atoms with Crippen LogP contribution in [0.4, 0.5) is 0 Å². The van der Waals surface area contributed by atoms with Gasteiger partial charge in [-0.15, -0.1) is 4.72 Å². The van der Waals surface area contributed by atoms with Crippen molar-refractivity contribution in [3.8, 4) is 0 Å². The minimum absolute atomic E-state index is 0.236. The highest BCUT2D eigenvalue weighted by molar-refractivity contribution is 9.10. The van der Waals surface area contributed by atoms with Crippen molar-refractivity contribution >= 4 is 27.3 Å². The molecule has 1 aliphatic rings. The first-order chi connectivity index (χ1) is 6.75. The monoisotopic (exact) mass is 275 g/mol. The molecule has 5 heteroatoms. The van der Waals surface area contributed by atoms with Crippen LogP contribution in [0.5, 0.6) is 0 Å². The van der Waals surface area contributed by atoms with Gasteiger partial charge in [-0.2, -0.15) is 0 Å². The van der Waals surface area contributed by atoms with E-state index in [4.69, 9.17) is 4.74 Å². The van der Waals surface area contributed by atoms with E-state index in [1.165, 1.54) is 0 Å². The molecule has 1 atom stereocenters. The van der Waals surface area contributed by atoms with Crippen molar-refractivity contribution in [1.82, 2.24) is 4.72 Å². The third-order valence-corrected chi connectivity index (χ3v) is 3.72. The molecule has 0 saturated carbocycles. The molecule has 0 bridgehead atoms. The summed E-state index contributed by atoms with van der Waals surface area (Å²) in [5.74, 6) is 0. The summed E-state index contributed by atoms with van der Waals surface area (Å²) in [5, 5.41) is 0. The lowest BCUT2D eigenvalue weighted by Gasteiger charge is -2.26. The summed E-state index contributed by atoms with van der Waals surface area (Å²) in [6, 6.07) is 7.68. The van der Waals surface area contributed by atoms with Crippen LogP contribution in [0.2, 0.25) is 0 Å². The molecular weight excluding hydrogens is 266 g/mol. The Kier molecular flexibility index (Phi) is 3.46. The molecule has 3 nitrogen and oxygen atoms in total. The topological polar surface area (TPSA) is 44.3 Å². The Bertz CT molecular complexity index is 302. The van der Waals surface area contributed by atoms with E-state index in [9.17, 15) is 4.55 Å². The molecule has 0 aliphatic carbocycles. The van der Waals surface area contributed by atoms with E-state index in [1.54, 1.807) is 0 Å². The number of hydrogen-bond donors (Lipinski definition) is 1. The Morgan fingerprint density at radius 1 is 1.36 bits per heavy atom. The van der Waals surface area contributed by atoms with E-state index in [1.807, 2.05) is 24.3 Å². The number of halogens is 1. The van der Waals surface area contributed by atoms with Gasteiger partial charge >= 0.3 is 0 Å². The Hall–Kier alpha value is -0.0700. The second kappa shape index (κ2) is 4.63. The van der Waals surface area contributed by atoms with Crippen molar-refractivity contribution < 1.29 is 9.29 Å². The predicted octanol–water partition coefficient (Wildman–Crippen LogP) is 1.46. The van der Waals surface area contributed by atoms with Gasteiger partial charge in [0.2, 0.25) is 0 Å². The van der Waals surface area contributed by atoms with Crippen LogP contribution < -0.4 is 4.72 Å². The van der Waals surface area contributed by atoms with E-state index >= 15 is 0 Å². The SMILES string of the molecule is [O-][S+](NC1COC1)c1ccc(Br)cc1. The average Bonchev–Trinajstić information content (AvgIpc) is 2.12. The summed E-state index contributed by atoms with van der Waals surface area (Å²) in [7, 11) is 0. The van der Waals surface area contributed by atoms with Crippen LogP contribution in [0.15, 0.2) is 33.6 Å². The van der Waals surface area contributed by atoms with Crippen LogP contribution in [0, 0.1) is 0 Å². The van der Waals surface area contributed by atoms with Crippen LogP contribution in [0.25, 0.3) is 0 Å². The highest BCUT2D eigenvalue weighted by Gasteiger charge is 2.24. The number of hydrogen-bond acceptors (Lipinski definition) is 3. The smallest absolute Gasteiger partial charge is 0.173 e. The molecule has 76 valence electrons. The zero-order chi connectivity index (χ0) is 9.97. The molecular formula is C9H10BrNO2S. The lowest BCUT2D eigenvalue weighted by Crippen LogP contribution is -2.48. The number of nitrogens with one attached hydrogen (secondary N) is 1. The summed E-state index contributed by atoms with van der Waals surface area (Å²) in [6.45, 7) is 1.31. The minimum atomic E-state index is -1.12. The first-order valence-corrected chi connectivity index (χ1v) is 6.21. The van der Waals surface area contributed by atoms with E-state index in [2.05, 4.69) is 20.7 Å². The Balaban J connectivity index is 1.95. The standard InChI is InChI=1S/C9H10BrNO2S/c10-7-1-3-9(4-2-7)14(12)11-8-5-13-6-8/h1-4,8,11H,5-6H2. The van der Waals surface area contributed by atoms with Gasteiger partial charge in [-0.25, -0.2) is 0 Å². The van der Waals surface area contributed by atoms with E-state index < -0.39 is 11.4 Å². The third-order valence-electron chi connectivity index (χ3n) is 1.94. The fourth-order valence-corrected chi connectivity index (χ4v) is 2.30. The molecule has 1 aromatic carbocycles. The fraction of sp³-hybridized carbons (Fsp3) is 0.333. The molecule has 0 amide bonds. The normalized spacial score (nSPS) is 19.0. The van der Waals surface area contributed by atoms with E-state index in [-0.39, 0.29) is 6.04 Å². The van der Waals surface area contributed by atoms with Crippen LogP contribution >= 0.6 is 15.9 Å². The molecule has 1 unspecified atom stereocenters. The quantitative estimate of drug-likeness (QED) is 0.850. The average molecular weight is 276 g/mol. The summed E-state index contributed by atoms with van der Waals surface area (Å²) >= 11 is 2.21. The lowest BCUT2D eigenvalue weighted by molar-refractivity contribution is 0.00482. The first kappa shape index (κ1) is 10.4. The Morgan fingerprint density at radius 3 is 2.50 bits per heavy atom. The maximum absolute atomic E-state index is 11.7. The van der Waals surface area contributed by atoms with Crippen molar-refractivity contribution in [3.05, 3.63) is 28.7 Å². The number of benzene rings is 1. The van der Waals surface area contributed by atoms with Gasteiger partial charge in [-0.05, 0) is 24.3 Å². The van der Waals surface area contributed by atoms with Gasteiger partial charge in [0.25, 0.3) is 0 Å². The number of ether oxygens (including phenoxy) is 1. The molecule has 1 saturated heterocycles. The van der Waals surface area contributed by atoms with Gasteiger partial charge in [0.05, 0.1) is 30.6 Å². The third kappa shape index (κ3) is 2.49. The number of rotatable bonds is 3. The largest absolute Gasteiger partial charge is 0.593 e. The molecule has 0 aromatic heterocycles. The molecule has 0 radical (unpaired) electrons. The highest BCUT2D eigenvalue weighted by Crippen LogP contribution is 2.15. The Morgan fingerprint density at radius 2 is 2.00 bits per heavy atom. The summed E-state index contributed by atoms with van der Waals surface area (Å²) < 4.78 is 20.6. The molecule has 1 aromatic rings. The molecule has 1 N–H and O–H groups in total. The van der Waals surface area contributed by atoms with Gasteiger partial charge < -0.3 is 9.29 Å². The Labute approximate surface area is 94.3 Å². The van der Waals surface area contributed by atoms with Crippen molar-refractivity contribution in [1.29, 1.82) is 0 Å². The van der Waals surface area contributed by atoms with Crippen molar-refractivity contribution in [2.75, 3.05) is 13.2 Å². The van der Waals surface area contributed by atoms with Crippen molar-refractivity contribution in [2.24, 2.45) is 0 Å². The molecule has 2 rings (SSSR count). The van der Waals surface area contributed by atoms with Crippen molar-refractivity contribution in [2.45, 2.75) is 10.9 Å². The second-order valence-corrected chi connectivity index (χ2v) is 5.24. The fourth-order valence-electron chi connectivity index (χ4n) is 1.08. The summed E-state index contributed by atoms with van der Waals surface area (Å²) in [4.78, 5) is 0.792.